The Labute approximate surface area is 178 Å². The number of rotatable bonds is 3. The van der Waals surface area contributed by atoms with E-state index in [2.05, 4.69) is 15.2 Å². The fraction of sp³-hybridized carbons (Fsp3) is 0.273. The van der Waals surface area contributed by atoms with Gasteiger partial charge < -0.3 is 13.9 Å². The third-order valence-electron chi connectivity index (χ3n) is 5.78. The SMILES string of the molecule is Cn1c(C2CCN(C(=O)c3cc(-c4ccco4)nc4ccccc34)CC2)n[nH]c1=S. The topological polar surface area (TPSA) is 79.9 Å². The molecule has 0 bridgehead atoms. The molecule has 0 spiro atoms. The summed E-state index contributed by atoms with van der Waals surface area (Å²) in [5, 5.41) is 8.08. The van der Waals surface area contributed by atoms with E-state index in [-0.39, 0.29) is 5.91 Å². The summed E-state index contributed by atoms with van der Waals surface area (Å²) in [6, 6.07) is 13.3. The molecule has 0 atom stereocenters. The van der Waals surface area contributed by atoms with Gasteiger partial charge in [-0.2, -0.15) is 5.10 Å². The number of aromatic amines is 1. The molecule has 4 heterocycles. The van der Waals surface area contributed by atoms with Crippen molar-refractivity contribution in [2.45, 2.75) is 18.8 Å². The maximum atomic E-state index is 13.5. The second-order valence-electron chi connectivity index (χ2n) is 7.56. The molecule has 1 saturated heterocycles. The van der Waals surface area contributed by atoms with Gasteiger partial charge in [0.05, 0.1) is 17.3 Å². The number of hydrogen-bond donors (Lipinski definition) is 1. The zero-order chi connectivity index (χ0) is 20.7. The lowest BCUT2D eigenvalue weighted by Crippen LogP contribution is -2.38. The molecule has 152 valence electrons. The van der Waals surface area contributed by atoms with E-state index < -0.39 is 0 Å². The van der Waals surface area contributed by atoms with Crippen molar-refractivity contribution in [3.63, 3.8) is 0 Å². The van der Waals surface area contributed by atoms with Gasteiger partial charge in [-0.15, -0.1) is 0 Å². The van der Waals surface area contributed by atoms with Crippen molar-refractivity contribution in [3.8, 4) is 11.5 Å². The fourth-order valence-electron chi connectivity index (χ4n) is 4.14. The molecule has 0 unspecified atom stereocenters. The minimum Gasteiger partial charge on any atom is -0.463 e. The Morgan fingerprint density at radius 1 is 1.20 bits per heavy atom. The zero-order valence-corrected chi connectivity index (χ0v) is 17.4. The van der Waals surface area contributed by atoms with Crippen LogP contribution in [0.25, 0.3) is 22.4 Å². The predicted octanol–water partition coefficient (Wildman–Crippen LogP) is 4.31. The number of carbonyl (C=O) groups excluding carboxylic acids is 1. The molecule has 1 amide bonds. The Hall–Kier alpha value is -3.26. The monoisotopic (exact) mass is 419 g/mol. The van der Waals surface area contributed by atoms with Gasteiger partial charge in [-0.3, -0.25) is 9.89 Å². The molecule has 1 N–H and O–H groups in total. The summed E-state index contributed by atoms with van der Waals surface area (Å²) < 4.78 is 8.06. The first kappa shape index (κ1) is 18.7. The predicted molar refractivity (Wildman–Crippen MR) is 116 cm³/mol. The maximum absolute atomic E-state index is 13.5. The first-order valence-corrected chi connectivity index (χ1v) is 10.4. The van der Waals surface area contributed by atoms with Crippen LogP contribution in [0.1, 0.15) is 34.9 Å². The Kier molecular flexibility index (Phi) is 4.71. The van der Waals surface area contributed by atoms with E-state index in [1.165, 1.54) is 0 Å². The van der Waals surface area contributed by atoms with Gasteiger partial charge in [0.2, 0.25) is 0 Å². The molecular formula is C22H21N5O2S. The minimum atomic E-state index is 0.0233. The van der Waals surface area contributed by atoms with E-state index >= 15 is 0 Å². The van der Waals surface area contributed by atoms with E-state index in [0.29, 0.717) is 40.8 Å². The summed E-state index contributed by atoms with van der Waals surface area (Å²) in [5.41, 5.74) is 2.10. The molecule has 8 heteroatoms. The second-order valence-corrected chi connectivity index (χ2v) is 7.95. The third-order valence-corrected chi connectivity index (χ3v) is 6.15. The molecular weight excluding hydrogens is 398 g/mol. The van der Waals surface area contributed by atoms with Crippen molar-refractivity contribution in [2.75, 3.05) is 13.1 Å². The van der Waals surface area contributed by atoms with Gasteiger partial charge in [0.15, 0.2) is 10.5 Å². The number of amides is 1. The van der Waals surface area contributed by atoms with Gasteiger partial charge in [0.25, 0.3) is 5.91 Å². The number of pyridine rings is 1. The number of nitrogens with one attached hydrogen (secondary N) is 1. The first-order chi connectivity index (χ1) is 14.6. The molecule has 0 radical (unpaired) electrons. The molecule has 30 heavy (non-hydrogen) atoms. The third kappa shape index (κ3) is 3.23. The number of furan rings is 1. The first-order valence-electron chi connectivity index (χ1n) is 9.96. The summed E-state index contributed by atoms with van der Waals surface area (Å²) in [4.78, 5) is 20.1. The quantitative estimate of drug-likeness (QED) is 0.501. The highest BCUT2D eigenvalue weighted by Gasteiger charge is 2.28. The number of aromatic nitrogens is 4. The number of carbonyl (C=O) groups is 1. The van der Waals surface area contributed by atoms with Crippen LogP contribution in [-0.2, 0) is 7.05 Å². The lowest BCUT2D eigenvalue weighted by atomic mass is 9.95. The average Bonchev–Trinajstić information content (AvgIpc) is 3.43. The molecule has 1 aromatic carbocycles. The number of benzene rings is 1. The molecule has 0 saturated carbocycles. The summed E-state index contributed by atoms with van der Waals surface area (Å²) in [6.07, 6.45) is 3.32. The van der Waals surface area contributed by atoms with E-state index in [1.54, 1.807) is 6.26 Å². The number of para-hydroxylation sites is 1. The summed E-state index contributed by atoms with van der Waals surface area (Å²) >= 11 is 5.23. The molecule has 1 fully saturated rings. The van der Waals surface area contributed by atoms with Crippen LogP contribution < -0.4 is 0 Å². The van der Waals surface area contributed by atoms with Gasteiger partial charge in [-0.25, -0.2) is 4.98 Å². The maximum Gasteiger partial charge on any atom is 0.254 e. The molecule has 4 aromatic rings. The average molecular weight is 420 g/mol. The Balaban J connectivity index is 1.44. The van der Waals surface area contributed by atoms with E-state index in [9.17, 15) is 4.79 Å². The number of likely N-dealkylation sites (tertiary alicyclic amines) is 1. The number of H-pyrrole nitrogens is 1. The number of hydrogen-bond acceptors (Lipinski definition) is 5. The highest BCUT2D eigenvalue weighted by molar-refractivity contribution is 7.71. The smallest absolute Gasteiger partial charge is 0.254 e. The Morgan fingerprint density at radius 3 is 2.70 bits per heavy atom. The van der Waals surface area contributed by atoms with E-state index in [4.69, 9.17) is 16.6 Å². The normalized spacial score (nSPS) is 15.0. The summed E-state index contributed by atoms with van der Waals surface area (Å²) in [7, 11) is 1.93. The van der Waals surface area contributed by atoms with Crippen LogP contribution in [0.2, 0.25) is 0 Å². The minimum absolute atomic E-state index is 0.0233. The van der Waals surface area contributed by atoms with Gasteiger partial charge in [-0.05, 0) is 49.3 Å². The zero-order valence-electron chi connectivity index (χ0n) is 16.5. The molecule has 1 aliphatic heterocycles. The number of piperidine rings is 1. The van der Waals surface area contributed by atoms with Crippen LogP contribution in [0, 0.1) is 4.77 Å². The Morgan fingerprint density at radius 2 is 2.00 bits per heavy atom. The van der Waals surface area contributed by atoms with Crippen molar-refractivity contribution < 1.29 is 9.21 Å². The lowest BCUT2D eigenvalue weighted by Gasteiger charge is -2.31. The Bertz CT molecular complexity index is 1270. The largest absolute Gasteiger partial charge is 0.463 e. The second kappa shape index (κ2) is 7.53. The highest BCUT2D eigenvalue weighted by Crippen LogP contribution is 2.30. The fourth-order valence-corrected chi connectivity index (χ4v) is 4.28. The standard InChI is InChI=1S/C22H21N5O2S/c1-26-20(24-25-22(26)30)14-8-10-27(11-9-14)21(28)16-13-18(19-7-4-12-29-19)23-17-6-3-2-5-15(16)17/h2-7,12-14H,8-11H2,1H3,(H,25,30). The van der Waals surface area contributed by atoms with Crippen molar-refractivity contribution in [1.29, 1.82) is 0 Å². The van der Waals surface area contributed by atoms with Crippen LogP contribution >= 0.6 is 12.2 Å². The highest BCUT2D eigenvalue weighted by atomic mass is 32.1. The van der Waals surface area contributed by atoms with Gasteiger partial charge >= 0.3 is 0 Å². The van der Waals surface area contributed by atoms with Gasteiger partial charge in [0.1, 0.15) is 11.5 Å². The number of fused-ring (bicyclic) bond motifs is 1. The molecule has 5 rings (SSSR count). The molecule has 3 aromatic heterocycles. The van der Waals surface area contributed by atoms with Crippen molar-refractivity contribution in [1.82, 2.24) is 24.6 Å². The van der Waals surface area contributed by atoms with Crippen LogP contribution in [0.5, 0.6) is 0 Å². The van der Waals surface area contributed by atoms with Crippen molar-refractivity contribution in [2.24, 2.45) is 7.05 Å². The van der Waals surface area contributed by atoms with Crippen molar-refractivity contribution >= 4 is 29.0 Å². The molecule has 0 aliphatic carbocycles. The summed E-state index contributed by atoms with van der Waals surface area (Å²) in [5.74, 6) is 1.93. The lowest BCUT2D eigenvalue weighted by molar-refractivity contribution is 0.0712. The summed E-state index contributed by atoms with van der Waals surface area (Å²) in [6.45, 7) is 1.35. The van der Waals surface area contributed by atoms with Crippen LogP contribution in [-0.4, -0.2) is 43.6 Å². The van der Waals surface area contributed by atoms with Crippen molar-refractivity contribution in [3.05, 3.63) is 64.9 Å². The van der Waals surface area contributed by atoms with Gasteiger partial charge in [-0.1, -0.05) is 18.2 Å². The van der Waals surface area contributed by atoms with Crippen LogP contribution in [0.4, 0.5) is 0 Å². The van der Waals surface area contributed by atoms with Gasteiger partial charge in [0, 0.05) is 31.4 Å². The van der Waals surface area contributed by atoms with E-state index in [0.717, 1.165) is 29.6 Å². The van der Waals surface area contributed by atoms with E-state index in [1.807, 2.05) is 59.0 Å². The van der Waals surface area contributed by atoms with Crippen LogP contribution in [0.3, 0.4) is 0 Å². The van der Waals surface area contributed by atoms with Crippen LogP contribution in [0.15, 0.2) is 53.1 Å². The molecule has 1 aliphatic rings. The molecule has 7 nitrogen and oxygen atoms in total. The number of nitrogens with zero attached hydrogens (tertiary/aromatic N) is 4.